The van der Waals surface area contributed by atoms with Crippen LogP contribution in [0.15, 0.2) is 48.5 Å². The fourth-order valence-electron chi connectivity index (χ4n) is 4.53. The lowest BCUT2D eigenvalue weighted by Crippen LogP contribution is -2.44. The van der Waals surface area contributed by atoms with Crippen molar-refractivity contribution >= 4 is 29.1 Å². The third kappa shape index (κ3) is 6.21. The summed E-state index contributed by atoms with van der Waals surface area (Å²) in [5.74, 6) is -0.672. The lowest BCUT2D eigenvalue weighted by atomic mass is 10.1. The number of amides is 3. The maximum Gasteiger partial charge on any atom is 0.244 e. The van der Waals surface area contributed by atoms with Crippen molar-refractivity contribution in [2.45, 2.75) is 52.0 Å². The Bertz CT molecular complexity index is 1030. The number of benzene rings is 2. The summed E-state index contributed by atoms with van der Waals surface area (Å²) >= 11 is 0. The normalized spacial score (nSPS) is 20.4. The lowest BCUT2D eigenvalue weighted by molar-refractivity contribution is -0.125. The summed E-state index contributed by atoms with van der Waals surface area (Å²) in [6.45, 7) is 7.31. The van der Waals surface area contributed by atoms with Gasteiger partial charge in [-0.3, -0.25) is 19.3 Å². The van der Waals surface area contributed by atoms with Gasteiger partial charge >= 0.3 is 0 Å². The van der Waals surface area contributed by atoms with Gasteiger partial charge in [-0.1, -0.05) is 36.4 Å². The van der Waals surface area contributed by atoms with Gasteiger partial charge in [-0.25, -0.2) is 0 Å². The maximum atomic E-state index is 12.7. The first kappa shape index (κ1) is 23.9. The molecular formula is C26H32N4O4. The minimum absolute atomic E-state index is 0.0356. The largest absolute Gasteiger partial charge is 0.373 e. The highest BCUT2D eigenvalue weighted by Crippen LogP contribution is 2.29. The Labute approximate surface area is 200 Å². The number of morpholine rings is 1. The van der Waals surface area contributed by atoms with Crippen molar-refractivity contribution < 1.29 is 19.1 Å². The number of nitrogens with zero attached hydrogens (tertiary/aromatic N) is 2. The SMILES string of the molecule is CC1CN(Cc2ccc(CNC(=O)CCC(=O)N3CC(=O)Nc4ccccc43)cc2)CC(C)O1. The first-order valence-corrected chi connectivity index (χ1v) is 11.8. The van der Waals surface area contributed by atoms with Gasteiger partial charge in [0.15, 0.2) is 0 Å². The molecule has 2 N–H and O–H groups in total. The van der Waals surface area contributed by atoms with Crippen molar-refractivity contribution in [3.63, 3.8) is 0 Å². The van der Waals surface area contributed by atoms with Crippen LogP contribution in [-0.4, -0.2) is 54.5 Å². The Morgan fingerprint density at radius 1 is 1.00 bits per heavy atom. The van der Waals surface area contributed by atoms with E-state index < -0.39 is 0 Å². The third-order valence-corrected chi connectivity index (χ3v) is 6.05. The van der Waals surface area contributed by atoms with Crippen molar-refractivity contribution in [3.05, 3.63) is 59.7 Å². The number of para-hydroxylation sites is 2. The molecule has 8 heteroatoms. The average Bonchev–Trinajstić information content (AvgIpc) is 2.81. The molecule has 0 bridgehead atoms. The van der Waals surface area contributed by atoms with E-state index in [2.05, 4.69) is 41.5 Å². The Morgan fingerprint density at radius 2 is 1.68 bits per heavy atom. The summed E-state index contributed by atoms with van der Waals surface area (Å²) < 4.78 is 5.79. The highest BCUT2D eigenvalue weighted by atomic mass is 16.5. The van der Waals surface area contributed by atoms with E-state index in [1.165, 1.54) is 10.5 Å². The number of carbonyl (C=O) groups excluding carboxylic acids is 3. The summed E-state index contributed by atoms with van der Waals surface area (Å²) in [6, 6.07) is 15.4. The predicted molar refractivity (Wildman–Crippen MR) is 130 cm³/mol. The molecule has 0 radical (unpaired) electrons. The fraction of sp³-hybridized carbons (Fsp3) is 0.423. The number of anilines is 2. The van der Waals surface area contributed by atoms with E-state index in [0.29, 0.717) is 17.9 Å². The smallest absolute Gasteiger partial charge is 0.244 e. The molecule has 3 amide bonds. The van der Waals surface area contributed by atoms with Gasteiger partial charge < -0.3 is 20.3 Å². The van der Waals surface area contributed by atoms with Crippen molar-refractivity contribution in [2.75, 3.05) is 29.9 Å². The Balaban J connectivity index is 1.22. The number of ether oxygens (including phenoxy) is 1. The van der Waals surface area contributed by atoms with Crippen LogP contribution in [0.4, 0.5) is 11.4 Å². The monoisotopic (exact) mass is 464 g/mol. The molecule has 0 aliphatic carbocycles. The molecule has 2 heterocycles. The minimum Gasteiger partial charge on any atom is -0.373 e. The molecule has 4 rings (SSSR count). The Hall–Kier alpha value is -3.23. The molecule has 0 saturated carbocycles. The standard InChI is InChI=1S/C26H32N4O4/c1-18-14-29(15-19(2)34-18)16-21-9-7-20(8-10-21)13-27-24(31)11-12-26(33)30-17-25(32)28-22-5-3-4-6-23(22)30/h3-10,18-19H,11-17H2,1-2H3,(H,27,31)(H,28,32). The minimum atomic E-state index is -0.242. The summed E-state index contributed by atoms with van der Waals surface area (Å²) in [5, 5.41) is 5.64. The van der Waals surface area contributed by atoms with Crippen molar-refractivity contribution in [1.29, 1.82) is 0 Å². The highest BCUT2D eigenvalue weighted by Gasteiger charge is 2.26. The molecule has 1 saturated heterocycles. The molecule has 0 aromatic heterocycles. The number of fused-ring (bicyclic) bond motifs is 1. The van der Waals surface area contributed by atoms with E-state index in [1.807, 2.05) is 18.2 Å². The molecule has 2 aromatic carbocycles. The highest BCUT2D eigenvalue weighted by molar-refractivity contribution is 6.10. The molecule has 2 aliphatic rings. The zero-order valence-corrected chi connectivity index (χ0v) is 19.8. The third-order valence-electron chi connectivity index (χ3n) is 6.05. The van der Waals surface area contributed by atoms with Gasteiger partial charge in [0.2, 0.25) is 17.7 Å². The van der Waals surface area contributed by atoms with Gasteiger partial charge in [0.1, 0.15) is 6.54 Å². The van der Waals surface area contributed by atoms with E-state index in [-0.39, 0.29) is 49.3 Å². The quantitative estimate of drug-likeness (QED) is 0.658. The molecule has 1 fully saturated rings. The van der Waals surface area contributed by atoms with Crippen LogP contribution in [0.25, 0.3) is 0 Å². The second-order valence-electron chi connectivity index (χ2n) is 9.09. The zero-order chi connectivity index (χ0) is 24.1. The van der Waals surface area contributed by atoms with Gasteiger partial charge in [-0.05, 0) is 37.1 Å². The van der Waals surface area contributed by atoms with Crippen LogP contribution in [0, 0.1) is 0 Å². The van der Waals surface area contributed by atoms with E-state index in [9.17, 15) is 14.4 Å². The van der Waals surface area contributed by atoms with E-state index in [1.54, 1.807) is 18.2 Å². The summed E-state index contributed by atoms with van der Waals surface area (Å²) in [6.07, 6.45) is 0.603. The second-order valence-corrected chi connectivity index (χ2v) is 9.09. The molecule has 2 aliphatic heterocycles. The van der Waals surface area contributed by atoms with E-state index in [4.69, 9.17) is 4.74 Å². The molecule has 2 atom stereocenters. The maximum absolute atomic E-state index is 12.7. The van der Waals surface area contributed by atoms with Gasteiger partial charge in [0, 0.05) is 39.0 Å². The summed E-state index contributed by atoms with van der Waals surface area (Å²) in [5.41, 5.74) is 3.51. The van der Waals surface area contributed by atoms with Crippen molar-refractivity contribution in [2.24, 2.45) is 0 Å². The topological polar surface area (TPSA) is 91.0 Å². The number of carbonyl (C=O) groups is 3. The van der Waals surface area contributed by atoms with Gasteiger partial charge in [0.05, 0.1) is 23.6 Å². The van der Waals surface area contributed by atoms with E-state index >= 15 is 0 Å². The number of hydrogen-bond donors (Lipinski definition) is 2. The lowest BCUT2D eigenvalue weighted by Gasteiger charge is -2.35. The molecule has 2 aromatic rings. The Morgan fingerprint density at radius 3 is 2.41 bits per heavy atom. The zero-order valence-electron chi connectivity index (χ0n) is 19.8. The molecule has 180 valence electrons. The van der Waals surface area contributed by atoms with Crippen LogP contribution >= 0.6 is 0 Å². The second kappa shape index (κ2) is 10.8. The van der Waals surface area contributed by atoms with Crippen LogP contribution in [0.5, 0.6) is 0 Å². The number of rotatable bonds is 7. The first-order chi connectivity index (χ1) is 16.4. The first-order valence-electron chi connectivity index (χ1n) is 11.8. The fourth-order valence-corrected chi connectivity index (χ4v) is 4.53. The molecular weight excluding hydrogens is 432 g/mol. The van der Waals surface area contributed by atoms with Crippen LogP contribution in [-0.2, 0) is 32.2 Å². The Kier molecular flexibility index (Phi) is 7.59. The van der Waals surface area contributed by atoms with Crippen molar-refractivity contribution in [1.82, 2.24) is 10.2 Å². The molecule has 2 unspecified atom stereocenters. The number of nitrogens with one attached hydrogen (secondary N) is 2. The average molecular weight is 465 g/mol. The molecule has 8 nitrogen and oxygen atoms in total. The van der Waals surface area contributed by atoms with E-state index in [0.717, 1.165) is 25.2 Å². The summed E-state index contributed by atoms with van der Waals surface area (Å²) in [7, 11) is 0. The van der Waals surface area contributed by atoms with Crippen LogP contribution in [0.2, 0.25) is 0 Å². The number of hydrogen-bond acceptors (Lipinski definition) is 5. The molecule has 34 heavy (non-hydrogen) atoms. The van der Waals surface area contributed by atoms with Crippen LogP contribution in [0.3, 0.4) is 0 Å². The van der Waals surface area contributed by atoms with Gasteiger partial charge in [-0.15, -0.1) is 0 Å². The van der Waals surface area contributed by atoms with Crippen LogP contribution < -0.4 is 15.5 Å². The van der Waals surface area contributed by atoms with Crippen LogP contribution in [0.1, 0.15) is 37.8 Å². The predicted octanol–water partition coefficient (Wildman–Crippen LogP) is 2.68. The summed E-state index contributed by atoms with van der Waals surface area (Å²) in [4.78, 5) is 40.8. The van der Waals surface area contributed by atoms with Crippen molar-refractivity contribution in [3.8, 4) is 0 Å². The van der Waals surface area contributed by atoms with Gasteiger partial charge in [0.25, 0.3) is 0 Å². The van der Waals surface area contributed by atoms with Gasteiger partial charge in [-0.2, -0.15) is 0 Å². The molecule has 0 spiro atoms.